The molecular weight excluding hydrogens is 414 g/mol. The van der Waals surface area contributed by atoms with E-state index in [4.69, 9.17) is 4.98 Å². The third kappa shape index (κ3) is 3.76. The van der Waals surface area contributed by atoms with Crippen LogP contribution in [0.3, 0.4) is 0 Å². The molecular formula is C27H31N3O3. The van der Waals surface area contributed by atoms with E-state index in [-0.39, 0.29) is 30.5 Å². The summed E-state index contributed by atoms with van der Waals surface area (Å²) in [6.07, 6.45) is 7.39. The van der Waals surface area contributed by atoms with Gasteiger partial charge in [-0.15, -0.1) is 0 Å². The first-order chi connectivity index (χ1) is 16.2. The number of aldehydes is 1. The van der Waals surface area contributed by atoms with Gasteiger partial charge in [-0.3, -0.25) is 4.79 Å². The van der Waals surface area contributed by atoms with Gasteiger partial charge in [-0.05, 0) is 63.1 Å². The van der Waals surface area contributed by atoms with Crippen molar-refractivity contribution in [2.45, 2.75) is 63.5 Å². The van der Waals surface area contributed by atoms with Crippen LogP contribution < -0.4 is 4.90 Å². The van der Waals surface area contributed by atoms with Crippen molar-refractivity contribution in [3.63, 3.8) is 0 Å². The van der Waals surface area contributed by atoms with Gasteiger partial charge in [-0.25, -0.2) is 4.98 Å². The van der Waals surface area contributed by atoms with Gasteiger partial charge in [0.2, 0.25) is 6.41 Å². The Kier molecular flexibility index (Phi) is 6.02. The molecule has 0 spiro atoms. The summed E-state index contributed by atoms with van der Waals surface area (Å²) < 4.78 is 2.33. The monoisotopic (exact) mass is 445 g/mol. The first-order valence-corrected chi connectivity index (χ1v) is 12.0. The summed E-state index contributed by atoms with van der Waals surface area (Å²) in [6.45, 7) is 2.05. The number of aromatic nitrogens is 2. The molecule has 3 aromatic rings. The number of benzene rings is 2. The molecule has 0 bridgehead atoms. The third-order valence-electron chi connectivity index (χ3n) is 7.64. The van der Waals surface area contributed by atoms with Gasteiger partial charge in [0, 0.05) is 29.3 Å². The minimum atomic E-state index is -0.234. The van der Waals surface area contributed by atoms with Crippen molar-refractivity contribution in [3.05, 3.63) is 59.4 Å². The van der Waals surface area contributed by atoms with E-state index in [9.17, 15) is 14.7 Å². The number of aliphatic hydroxyl groups is 1. The van der Waals surface area contributed by atoms with Crippen molar-refractivity contribution in [2.75, 3.05) is 11.5 Å². The Hall–Kier alpha value is -2.99. The Balaban J connectivity index is 1.69. The average molecular weight is 446 g/mol. The maximum atomic E-state index is 11.8. The lowest BCUT2D eigenvalue weighted by Crippen LogP contribution is -2.36. The molecule has 6 heteroatoms. The first kappa shape index (κ1) is 21.8. The van der Waals surface area contributed by atoms with Gasteiger partial charge in [0.05, 0.1) is 23.6 Å². The van der Waals surface area contributed by atoms with Crippen molar-refractivity contribution >= 4 is 29.4 Å². The highest BCUT2D eigenvalue weighted by Gasteiger charge is 2.32. The molecule has 1 aliphatic carbocycles. The SMILES string of the molecule is CC1CCc2c(ccc3c2nc(C(CO)c2ccccc2)n3C2CCC(C=O)CC2)N1C=O. The third-order valence-corrected chi connectivity index (χ3v) is 7.64. The summed E-state index contributed by atoms with van der Waals surface area (Å²) in [5.74, 6) is 0.776. The number of anilines is 1. The molecule has 2 aromatic carbocycles. The van der Waals surface area contributed by atoms with Crippen molar-refractivity contribution in [2.24, 2.45) is 5.92 Å². The summed E-state index contributed by atoms with van der Waals surface area (Å²) in [5, 5.41) is 10.5. The molecule has 0 saturated heterocycles. The second-order valence-electron chi connectivity index (χ2n) is 9.52. The lowest BCUT2D eigenvalue weighted by atomic mass is 9.86. The van der Waals surface area contributed by atoms with Crippen LogP contribution in [0, 0.1) is 5.92 Å². The lowest BCUT2D eigenvalue weighted by Gasteiger charge is -2.32. The van der Waals surface area contributed by atoms with Gasteiger partial charge >= 0.3 is 0 Å². The van der Waals surface area contributed by atoms with Crippen molar-refractivity contribution < 1.29 is 14.7 Å². The molecule has 2 unspecified atom stereocenters. The summed E-state index contributed by atoms with van der Waals surface area (Å²) in [4.78, 5) is 30.1. The fourth-order valence-electron chi connectivity index (χ4n) is 5.75. The first-order valence-electron chi connectivity index (χ1n) is 12.0. The standard InChI is InChI=1S/C27H31N3O3/c1-18-7-12-22-24(29(18)17-33)13-14-25-26(22)28-27(23(16-32)20-5-3-2-4-6-20)30(25)21-10-8-19(15-31)9-11-21/h2-6,13-15,17-19,21,23,32H,7-12,16H2,1H3. The largest absolute Gasteiger partial charge is 0.395 e. The van der Waals surface area contributed by atoms with Crippen LogP contribution in [-0.2, 0) is 16.0 Å². The molecule has 1 aliphatic heterocycles. The second kappa shape index (κ2) is 9.10. The molecule has 5 rings (SSSR count). The average Bonchev–Trinajstić information content (AvgIpc) is 3.24. The zero-order valence-electron chi connectivity index (χ0n) is 19.1. The molecule has 1 amide bonds. The smallest absolute Gasteiger partial charge is 0.214 e. The number of aryl methyl sites for hydroxylation is 1. The quantitative estimate of drug-likeness (QED) is 0.571. The molecule has 172 valence electrons. The molecule has 1 aromatic heterocycles. The fourth-order valence-corrected chi connectivity index (χ4v) is 5.75. The van der Waals surface area contributed by atoms with E-state index in [0.717, 1.165) is 84.9 Å². The summed E-state index contributed by atoms with van der Waals surface area (Å²) in [6, 6.07) is 14.6. The zero-order chi connectivity index (χ0) is 22.9. The Morgan fingerprint density at radius 2 is 1.82 bits per heavy atom. The molecule has 2 heterocycles. The predicted molar refractivity (Wildman–Crippen MR) is 128 cm³/mol. The summed E-state index contributed by atoms with van der Waals surface area (Å²) in [7, 11) is 0. The number of fused-ring (bicyclic) bond motifs is 3. The highest BCUT2D eigenvalue weighted by atomic mass is 16.3. The Bertz CT molecular complexity index is 1150. The van der Waals surface area contributed by atoms with Crippen LogP contribution in [0.15, 0.2) is 42.5 Å². The van der Waals surface area contributed by atoms with E-state index in [1.165, 1.54) is 0 Å². The van der Waals surface area contributed by atoms with Gasteiger partial charge in [-0.2, -0.15) is 0 Å². The Morgan fingerprint density at radius 1 is 1.06 bits per heavy atom. The summed E-state index contributed by atoms with van der Waals surface area (Å²) in [5.41, 5.74) is 5.10. The van der Waals surface area contributed by atoms with Crippen LogP contribution in [0.1, 0.15) is 67.9 Å². The van der Waals surface area contributed by atoms with Gasteiger partial charge in [0.1, 0.15) is 12.1 Å². The van der Waals surface area contributed by atoms with Crippen LogP contribution in [0.2, 0.25) is 0 Å². The molecule has 2 atom stereocenters. The normalized spacial score (nSPS) is 23.8. The predicted octanol–water partition coefficient (Wildman–Crippen LogP) is 4.39. The number of imidazole rings is 1. The van der Waals surface area contributed by atoms with Crippen LogP contribution in [0.25, 0.3) is 11.0 Å². The van der Waals surface area contributed by atoms with E-state index in [2.05, 4.69) is 23.6 Å². The minimum Gasteiger partial charge on any atom is -0.395 e. The molecule has 6 nitrogen and oxygen atoms in total. The Morgan fingerprint density at radius 3 is 2.48 bits per heavy atom. The van der Waals surface area contributed by atoms with Crippen molar-refractivity contribution in [3.8, 4) is 0 Å². The topological polar surface area (TPSA) is 75.4 Å². The molecule has 1 fully saturated rings. The number of hydrogen-bond acceptors (Lipinski definition) is 4. The molecule has 0 radical (unpaired) electrons. The van der Waals surface area contributed by atoms with E-state index in [1.807, 2.05) is 35.2 Å². The summed E-state index contributed by atoms with van der Waals surface area (Å²) >= 11 is 0. The van der Waals surface area contributed by atoms with Crippen LogP contribution >= 0.6 is 0 Å². The highest BCUT2D eigenvalue weighted by molar-refractivity contribution is 5.91. The van der Waals surface area contributed by atoms with Crippen molar-refractivity contribution in [1.29, 1.82) is 0 Å². The van der Waals surface area contributed by atoms with Crippen LogP contribution in [0.5, 0.6) is 0 Å². The number of rotatable bonds is 6. The van der Waals surface area contributed by atoms with Crippen LogP contribution in [-0.4, -0.2) is 40.0 Å². The molecule has 1 saturated carbocycles. The van der Waals surface area contributed by atoms with E-state index in [1.54, 1.807) is 0 Å². The molecule has 33 heavy (non-hydrogen) atoms. The number of hydrogen-bond donors (Lipinski definition) is 1. The second-order valence-corrected chi connectivity index (χ2v) is 9.52. The van der Waals surface area contributed by atoms with E-state index < -0.39 is 0 Å². The maximum Gasteiger partial charge on any atom is 0.214 e. The molecule has 2 aliphatic rings. The number of carbonyl (C=O) groups excluding carboxylic acids is 2. The van der Waals surface area contributed by atoms with E-state index >= 15 is 0 Å². The van der Waals surface area contributed by atoms with E-state index in [0.29, 0.717) is 0 Å². The highest BCUT2D eigenvalue weighted by Crippen LogP contribution is 2.41. The zero-order valence-corrected chi connectivity index (χ0v) is 19.1. The number of nitrogens with zero attached hydrogens (tertiary/aromatic N) is 3. The van der Waals surface area contributed by atoms with Gasteiger partial charge in [0.15, 0.2) is 0 Å². The van der Waals surface area contributed by atoms with Gasteiger partial charge in [0.25, 0.3) is 0 Å². The van der Waals surface area contributed by atoms with Gasteiger partial charge in [-0.1, -0.05) is 30.3 Å². The fraction of sp³-hybridized carbons (Fsp3) is 0.444. The number of carbonyl (C=O) groups is 2. The van der Waals surface area contributed by atoms with Crippen LogP contribution in [0.4, 0.5) is 5.69 Å². The molecule has 1 N–H and O–H groups in total. The van der Waals surface area contributed by atoms with Crippen molar-refractivity contribution in [1.82, 2.24) is 9.55 Å². The number of amides is 1. The maximum absolute atomic E-state index is 11.8. The minimum absolute atomic E-state index is 0.0310. The number of aliphatic hydroxyl groups excluding tert-OH is 1. The Labute approximate surface area is 194 Å². The van der Waals surface area contributed by atoms with Gasteiger partial charge < -0.3 is 19.4 Å². The lowest BCUT2D eigenvalue weighted by molar-refractivity contribution is -0.112.